The summed E-state index contributed by atoms with van der Waals surface area (Å²) in [6.45, 7) is 1.90. The van der Waals surface area contributed by atoms with Crippen LogP contribution < -0.4 is 5.73 Å². The van der Waals surface area contributed by atoms with Crippen LogP contribution in [0.25, 0.3) is 0 Å². The molecule has 1 amide bonds. The van der Waals surface area contributed by atoms with Gasteiger partial charge in [0, 0.05) is 18.7 Å². The van der Waals surface area contributed by atoms with Gasteiger partial charge < -0.3 is 5.73 Å². The fraction of sp³-hybridized carbons (Fsp3) is 0.250. The SMILES string of the molecule is NC(=O)c1ccccc1C#Cc1ccccc1N=NN1CCCCC1. The quantitative estimate of drug-likeness (QED) is 0.688. The number of nitrogens with two attached hydrogens (primary N) is 1. The van der Waals surface area contributed by atoms with Crippen molar-refractivity contribution < 1.29 is 4.79 Å². The molecule has 1 saturated heterocycles. The molecule has 3 rings (SSSR count). The van der Waals surface area contributed by atoms with Gasteiger partial charge in [-0.15, -0.1) is 5.11 Å². The van der Waals surface area contributed by atoms with Crippen LogP contribution in [0.3, 0.4) is 0 Å². The van der Waals surface area contributed by atoms with Gasteiger partial charge in [0.25, 0.3) is 0 Å². The van der Waals surface area contributed by atoms with E-state index in [0.29, 0.717) is 11.1 Å². The molecule has 1 fully saturated rings. The first-order valence-electron chi connectivity index (χ1n) is 8.40. The van der Waals surface area contributed by atoms with Crippen LogP contribution >= 0.6 is 0 Å². The van der Waals surface area contributed by atoms with E-state index in [2.05, 4.69) is 22.2 Å². The van der Waals surface area contributed by atoms with E-state index in [4.69, 9.17) is 5.73 Å². The zero-order valence-corrected chi connectivity index (χ0v) is 14.0. The minimum Gasteiger partial charge on any atom is -0.366 e. The van der Waals surface area contributed by atoms with Crippen molar-refractivity contribution in [2.75, 3.05) is 13.1 Å². The number of carbonyl (C=O) groups excluding carboxylic acids is 1. The molecule has 126 valence electrons. The second kappa shape index (κ2) is 8.11. The van der Waals surface area contributed by atoms with Crippen molar-refractivity contribution in [1.29, 1.82) is 0 Å². The van der Waals surface area contributed by atoms with Crippen molar-refractivity contribution in [3.05, 3.63) is 65.2 Å². The molecule has 0 bridgehead atoms. The van der Waals surface area contributed by atoms with Gasteiger partial charge in [-0.05, 0) is 43.5 Å². The van der Waals surface area contributed by atoms with Crippen LogP contribution in [0.1, 0.15) is 40.7 Å². The highest BCUT2D eigenvalue weighted by Gasteiger charge is 2.08. The van der Waals surface area contributed by atoms with Crippen molar-refractivity contribution in [1.82, 2.24) is 5.01 Å². The molecular weight excluding hydrogens is 312 g/mol. The number of carbonyl (C=O) groups is 1. The molecule has 1 aliphatic rings. The molecule has 2 aromatic rings. The van der Waals surface area contributed by atoms with Gasteiger partial charge in [-0.2, -0.15) is 0 Å². The van der Waals surface area contributed by atoms with E-state index < -0.39 is 5.91 Å². The Morgan fingerprint density at radius 2 is 1.56 bits per heavy atom. The highest BCUT2D eigenvalue weighted by Crippen LogP contribution is 2.20. The van der Waals surface area contributed by atoms with Crippen molar-refractivity contribution in [3.8, 4) is 11.8 Å². The normalized spacial score (nSPS) is 14.2. The van der Waals surface area contributed by atoms with Gasteiger partial charge in [0.15, 0.2) is 0 Å². The molecule has 0 spiro atoms. The lowest BCUT2D eigenvalue weighted by atomic mass is 10.1. The Bertz CT molecular complexity index is 842. The van der Waals surface area contributed by atoms with Gasteiger partial charge in [-0.1, -0.05) is 41.3 Å². The monoisotopic (exact) mass is 332 g/mol. The van der Waals surface area contributed by atoms with Crippen LogP contribution in [0, 0.1) is 11.8 Å². The summed E-state index contributed by atoms with van der Waals surface area (Å²) in [7, 11) is 0. The maximum absolute atomic E-state index is 11.5. The van der Waals surface area contributed by atoms with Crippen LogP contribution in [-0.2, 0) is 0 Å². The second-order valence-electron chi connectivity index (χ2n) is 5.88. The van der Waals surface area contributed by atoms with Crippen molar-refractivity contribution in [2.45, 2.75) is 19.3 Å². The van der Waals surface area contributed by atoms with E-state index in [1.807, 2.05) is 35.3 Å². The first-order chi connectivity index (χ1) is 12.2. The average molecular weight is 332 g/mol. The molecule has 0 atom stereocenters. The van der Waals surface area contributed by atoms with Gasteiger partial charge in [-0.25, -0.2) is 0 Å². The molecule has 2 N–H and O–H groups in total. The van der Waals surface area contributed by atoms with E-state index in [0.717, 1.165) is 37.2 Å². The molecule has 0 unspecified atom stereocenters. The third-order valence-electron chi connectivity index (χ3n) is 4.04. The summed E-state index contributed by atoms with van der Waals surface area (Å²) >= 11 is 0. The smallest absolute Gasteiger partial charge is 0.249 e. The fourth-order valence-corrected chi connectivity index (χ4v) is 2.69. The molecule has 5 heteroatoms. The first-order valence-corrected chi connectivity index (χ1v) is 8.40. The van der Waals surface area contributed by atoms with E-state index in [1.54, 1.807) is 18.2 Å². The van der Waals surface area contributed by atoms with E-state index >= 15 is 0 Å². The maximum atomic E-state index is 11.5. The van der Waals surface area contributed by atoms with Crippen LogP contribution in [-0.4, -0.2) is 24.0 Å². The molecule has 0 aliphatic carbocycles. The van der Waals surface area contributed by atoms with Crippen molar-refractivity contribution in [2.24, 2.45) is 16.1 Å². The Morgan fingerprint density at radius 3 is 2.32 bits per heavy atom. The number of benzene rings is 2. The number of rotatable bonds is 3. The Labute approximate surface area is 147 Å². The zero-order valence-electron chi connectivity index (χ0n) is 14.0. The van der Waals surface area contributed by atoms with Gasteiger partial charge in [0.05, 0.1) is 11.1 Å². The molecule has 5 nitrogen and oxygen atoms in total. The number of piperidine rings is 1. The summed E-state index contributed by atoms with van der Waals surface area (Å²) in [5, 5.41) is 10.7. The summed E-state index contributed by atoms with van der Waals surface area (Å²) in [5.74, 6) is 5.62. The van der Waals surface area contributed by atoms with Crippen LogP contribution in [0.2, 0.25) is 0 Å². The number of hydrogen-bond donors (Lipinski definition) is 1. The largest absolute Gasteiger partial charge is 0.366 e. The standard InChI is InChI=1S/C20H20N4O/c21-20(25)18-10-4-2-8-16(18)12-13-17-9-3-5-11-19(17)22-23-24-14-6-1-7-15-24/h2-5,8-11H,1,6-7,14-15H2,(H2,21,25). The number of nitrogens with zero attached hydrogens (tertiary/aromatic N) is 3. The molecule has 1 heterocycles. The summed E-state index contributed by atoms with van der Waals surface area (Å²) in [6.07, 6.45) is 3.57. The minimum atomic E-state index is -0.483. The van der Waals surface area contributed by atoms with Crippen molar-refractivity contribution >= 4 is 11.6 Å². The number of primary amides is 1. The molecule has 2 aromatic carbocycles. The van der Waals surface area contributed by atoms with E-state index in [9.17, 15) is 4.79 Å². The third-order valence-corrected chi connectivity index (χ3v) is 4.04. The summed E-state index contributed by atoms with van der Waals surface area (Å²) < 4.78 is 0. The van der Waals surface area contributed by atoms with Gasteiger partial charge in [0.1, 0.15) is 5.69 Å². The Morgan fingerprint density at radius 1 is 0.920 bits per heavy atom. The molecular formula is C20H20N4O. The van der Waals surface area contributed by atoms with Crippen LogP contribution in [0.4, 0.5) is 5.69 Å². The molecule has 25 heavy (non-hydrogen) atoms. The highest BCUT2D eigenvalue weighted by atomic mass is 16.1. The lowest BCUT2D eigenvalue weighted by molar-refractivity contribution is 0.1000. The predicted molar refractivity (Wildman–Crippen MR) is 97.3 cm³/mol. The average Bonchev–Trinajstić information content (AvgIpc) is 2.66. The lowest BCUT2D eigenvalue weighted by Gasteiger charge is -2.21. The van der Waals surface area contributed by atoms with Gasteiger partial charge >= 0.3 is 0 Å². The summed E-state index contributed by atoms with van der Waals surface area (Å²) in [5.41, 5.74) is 7.91. The second-order valence-corrected chi connectivity index (χ2v) is 5.88. The number of hydrogen-bond acceptors (Lipinski definition) is 3. The fourth-order valence-electron chi connectivity index (χ4n) is 2.69. The van der Waals surface area contributed by atoms with Crippen LogP contribution in [0.15, 0.2) is 58.9 Å². The molecule has 0 radical (unpaired) electrons. The maximum Gasteiger partial charge on any atom is 0.249 e. The molecule has 0 aromatic heterocycles. The Kier molecular flexibility index (Phi) is 5.43. The number of amides is 1. The zero-order chi connectivity index (χ0) is 17.5. The minimum absolute atomic E-state index is 0.419. The van der Waals surface area contributed by atoms with Gasteiger partial charge in [0.2, 0.25) is 5.91 Å². The lowest BCUT2D eigenvalue weighted by Crippen LogP contribution is -2.23. The van der Waals surface area contributed by atoms with E-state index in [-0.39, 0.29) is 0 Å². The first kappa shape index (κ1) is 16.7. The predicted octanol–water partition coefficient (Wildman–Crippen LogP) is 3.67. The highest BCUT2D eigenvalue weighted by molar-refractivity contribution is 5.95. The third kappa shape index (κ3) is 4.45. The summed E-state index contributed by atoms with van der Waals surface area (Å²) in [6, 6.07) is 14.7. The Hall–Kier alpha value is -3.13. The van der Waals surface area contributed by atoms with E-state index in [1.165, 1.54) is 6.42 Å². The topological polar surface area (TPSA) is 71.0 Å². The Balaban J connectivity index is 1.85. The van der Waals surface area contributed by atoms with Crippen LogP contribution in [0.5, 0.6) is 0 Å². The van der Waals surface area contributed by atoms with Gasteiger partial charge in [-0.3, -0.25) is 9.80 Å². The molecule has 0 saturated carbocycles. The summed E-state index contributed by atoms with van der Waals surface area (Å²) in [4.78, 5) is 11.5. The molecule has 1 aliphatic heterocycles. The van der Waals surface area contributed by atoms with Crippen molar-refractivity contribution in [3.63, 3.8) is 0 Å².